The lowest BCUT2D eigenvalue weighted by Gasteiger charge is -2.24. The quantitative estimate of drug-likeness (QED) is 0.833. The zero-order chi connectivity index (χ0) is 12.4. The van der Waals surface area contributed by atoms with Crippen molar-refractivity contribution in [2.75, 3.05) is 0 Å². The van der Waals surface area contributed by atoms with Crippen LogP contribution < -0.4 is 0 Å². The smallest absolute Gasteiger partial charge is 0.0792 e. The molecule has 2 heteroatoms. The molecule has 2 N–H and O–H groups in total. The molecule has 1 unspecified atom stereocenters. The molecule has 0 bridgehead atoms. The van der Waals surface area contributed by atoms with E-state index in [0.717, 1.165) is 23.4 Å². The zero-order valence-electron chi connectivity index (χ0n) is 10.7. The van der Waals surface area contributed by atoms with Crippen LogP contribution in [0.1, 0.15) is 50.2 Å². The van der Waals surface area contributed by atoms with Gasteiger partial charge in [-0.25, -0.2) is 0 Å². The summed E-state index contributed by atoms with van der Waals surface area (Å²) in [7, 11) is 0. The lowest BCUT2D eigenvalue weighted by Crippen LogP contribution is -2.11. The van der Waals surface area contributed by atoms with E-state index in [1.807, 2.05) is 12.3 Å². The van der Waals surface area contributed by atoms with Crippen molar-refractivity contribution < 1.29 is 5.11 Å². The second-order valence-corrected chi connectivity index (χ2v) is 5.58. The number of aromatic nitrogens is 1. The van der Waals surface area contributed by atoms with E-state index in [0.29, 0.717) is 0 Å². The van der Waals surface area contributed by atoms with E-state index in [-0.39, 0.29) is 6.10 Å². The fraction of sp³-hybridized carbons (Fsp3) is 0.500. The third kappa shape index (κ3) is 2.44. The minimum atomic E-state index is -0.299. The summed E-state index contributed by atoms with van der Waals surface area (Å²) in [6.45, 7) is 0. The highest BCUT2D eigenvalue weighted by Crippen LogP contribution is 2.32. The van der Waals surface area contributed by atoms with Crippen LogP contribution in [0.3, 0.4) is 0 Å². The average molecular weight is 243 g/mol. The van der Waals surface area contributed by atoms with Crippen molar-refractivity contribution in [3.8, 4) is 0 Å². The summed E-state index contributed by atoms with van der Waals surface area (Å²) < 4.78 is 0. The van der Waals surface area contributed by atoms with Crippen LogP contribution in [0.4, 0.5) is 0 Å². The number of nitrogens with one attached hydrogen (secondary N) is 1. The normalized spacial score (nSPS) is 19.2. The number of H-pyrrole nitrogens is 1. The van der Waals surface area contributed by atoms with Crippen LogP contribution in [-0.2, 0) is 0 Å². The van der Waals surface area contributed by atoms with Crippen LogP contribution in [0.15, 0.2) is 30.5 Å². The number of aliphatic hydroxyl groups excluding tert-OH is 1. The molecule has 0 aliphatic heterocycles. The van der Waals surface area contributed by atoms with E-state index < -0.39 is 0 Å². The van der Waals surface area contributed by atoms with E-state index in [9.17, 15) is 5.11 Å². The van der Waals surface area contributed by atoms with E-state index in [1.54, 1.807) is 0 Å². The van der Waals surface area contributed by atoms with Crippen molar-refractivity contribution >= 4 is 10.9 Å². The molecule has 1 aromatic carbocycles. The molecule has 18 heavy (non-hydrogen) atoms. The number of fused-ring (bicyclic) bond motifs is 1. The Morgan fingerprint density at radius 2 is 2.00 bits per heavy atom. The van der Waals surface area contributed by atoms with Gasteiger partial charge >= 0.3 is 0 Å². The first-order chi connectivity index (χ1) is 8.83. The summed E-state index contributed by atoms with van der Waals surface area (Å²) in [6, 6.07) is 8.28. The standard InChI is InChI=1S/C16H21NO/c18-16(10-12-4-2-1-3-5-12)14-6-7-15-13(11-14)8-9-17-15/h6-9,11-12,16-18H,1-5,10H2. The first-order valence-corrected chi connectivity index (χ1v) is 7.08. The van der Waals surface area contributed by atoms with Crippen molar-refractivity contribution in [1.82, 2.24) is 4.98 Å². The maximum absolute atomic E-state index is 10.4. The Morgan fingerprint density at radius 1 is 1.17 bits per heavy atom. The Kier molecular flexibility index (Phi) is 3.37. The van der Waals surface area contributed by atoms with E-state index in [2.05, 4.69) is 23.2 Å². The Labute approximate surface area is 108 Å². The van der Waals surface area contributed by atoms with Crippen molar-refractivity contribution in [1.29, 1.82) is 0 Å². The molecule has 1 saturated carbocycles. The molecule has 1 aromatic heterocycles. The van der Waals surface area contributed by atoms with Crippen LogP contribution >= 0.6 is 0 Å². The number of benzene rings is 1. The number of aromatic amines is 1. The minimum absolute atomic E-state index is 0.299. The maximum atomic E-state index is 10.4. The molecule has 1 aliphatic rings. The van der Waals surface area contributed by atoms with Gasteiger partial charge in [-0.1, -0.05) is 38.2 Å². The van der Waals surface area contributed by atoms with Gasteiger partial charge in [0.15, 0.2) is 0 Å². The molecule has 1 atom stereocenters. The molecule has 1 aliphatic carbocycles. The first-order valence-electron chi connectivity index (χ1n) is 7.08. The van der Waals surface area contributed by atoms with Crippen LogP contribution in [0, 0.1) is 5.92 Å². The van der Waals surface area contributed by atoms with Gasteiger partial charge in [0.25, 0.3) is 0 Å². The number of hydrogen-bond acceptors (Lipinski definition) is 1. The summed E-state index contributed by atoms with van der Waals surface area (Å²) in [6.07, 6.45) is 9.22. The van der Waals surface area contributed by atoms with Gasteiger partial charge in [0.2, 0.25) is 0 Å². The molecule has 2 nitrogen and oxygen atoms in total. The van der Waals surface area contributed by atoms with Gasteiger partial charge in [-0.3, -0.25) is 0 Å². The van der Waals surface area contributed by atoms with Gasteiger partial charge in [0.05, 0.1) is 6.10 Å². The predicted molar refractivity (Wildman–Crippen MR) is 74.5 cm³/mol. The highest BCUT2D eigenvalue weighted by Gasteiger charge is 2.18. The Bertz CT molecular complexity index is 511. The van der Waals surface area contributed by atoms with Gasteiger partial charge in [-0.2, -0.15) is 0 Å². The van der Waals surface area contributed by atoms with Crippen molar-refractivity contribution in [3.05, 3.63) is 36.0 Å². The topological polar surface area (TPSA) is 36.0 Å². The van der Waals surface area contributed by atoms with Gasteiger partial charge < -0.3 is 10.1 Å². The van der Waals surface area contributed by atoms with Gasteiger partial charge in [0.1, 0.15) is 0 Å². The van der Waals surface area contributed by atoms with E-state index in [4.69, 9.17) is 0 Å². The molecule has 1 fully saturated rings. The number of hydrogen-bond donors (Lipinski definition) is 2. The van der Waals surface area contributed by atoms with Crippen LogP contribution in [0.5, 0.6) is 0 Å². The van der Waals surface area contributed by atoms with E-state index in [1.165, 1.54) is 37.5 Å². The Balaban J connectivity index is 1.72. The lowest BCUT2D eigenvalue weighted by atomic mass is 9.84. The molecule has 0 radical (unpaired) electrons. The molecule has 3 rings (SSSR count). The van der Waals surface area contributed by atoms with Crippen LogP contribution in [0.25, 0.3) is 10.9 Å². The SMILES string of the molecule is OC(CC1CCCCC1)c1ccc2[nH]ccc2c1. The van der Waals surface area contributed by atoms with Crippen molar-refractivity contribution in [2.45, 2.75) is 44.6 Å². The van der Waals surface area contributed by atoms with Crippen molar-refractivity contribution in [2.24, 2.45) is 5.92 Å². The summed E-state index contributed by atoms with van der Waals surface area (Å²) in [4.78, 5) is 3.19. The molecule has 96 valence electrons. The number of rotatable bonds is 3. The third-order valence-electron chi connectivity index (χ3n) is 4.24. The fourth-order valence-electron chi connectivity index (χ4n) is 3.15. The highest BCUT2D eigenvalue weighted by atomic mass is 16.3. The van der Waals surface area contributed by atoms with Gasteiger partial charge in [0, 0.05) is 11.7 Å². The Hall–Kier alpha value is -1.28. The van der Waals surface area contributed by atoms with Crippen molar-refractivity contribution in [3.63, 3.8) is 0 Å². The molecular formula is C16H21NO. The summed E-state index contributed by atoms with van der Waals surface area (Å²) >= 11 is 0. The van der Waals surface area contributed by atoms with Crippen LogP contribution in [-0.4, -0.2) is 10.1 Å². The van der Waals surface area contributed by atoms with E-state index >= 15 is 0 Å². The maximum Gasteiger partial charge on any atom is 0.0792 e. The molecule has 0 saturated heterocycles. The second-order valence-electron chi connectivity index (χ2n) is 5.58. The highest BCUT2D eigenvalue weighted by molar-refractivity contribution is 5.79. The second kappa shape index (κ2) is 5.15. The Morgan fingerprint density at radius 3 is 2.83 bits per heavy atom. The molecule has 1 heterocycles. The fourth-order valence-corrected chi connectivity index (χ4v) is 3.15. The van der Waals surface area contributed by atoms with Crippen LogP contribution in [0.2, 0.25) is 0 Å². The summed E-state index contributed by atoms with van der Waals surface area (Å²) in [5.74, 6) is 0.718. The summed E-state index contributed by atoms with van der Waals surface area (Å²) in [5.41, 5.74) is 2.20. The molecular weight excluding hydrogens is 222 g/mol. The first kappa shape index (κ1) is 11.8. The zero-order valence-corrected chi connectivity index (χ0v) is 10.7. The summed E-state index contributed by atoms with van der Waals surface area (Å²) in [5, 5.41) is 11.5. The molecule has 0 amide bonds. The monoisotopic (exact) mass is 243 g/mol. The third-order valence-corrected chi connectivity index (χ3v) is 4.24. The largest absolute Gasteiger partial charge is 0.388 e. The van der Waals surface area contributed by atoms with Gasteiger partial charge in [-0.05, 0) is 41.5 Å². The molecule has 0 spiro atoms. The minimum Gasteiger partial charge on any atom is -0.388 e. The lowest BCUT2D eigenvalue weighted by molar-refractivity contribution is 0.131. The number of aliphatic hydroxyl groups is 1. The van der Waals surface area contributed by atoms with Gasteiger partial charge in [-0.15, -0.1) is 0 Å². The molecule has 2 aromatic rings. The predicted octanol–water partition coefficient (Wildman–Crippen LogP) is 4.17. The average Bonchev–Trinajstić information content (AvgIpc) is 2.87.